The molecule has 0 spiro atoms. The fourth-order valence-electron chi connectivity index (χ4n) is 3.33. The van der Waals surface area contributed by atoms with E-state index in [9.17, 15) is 9.90 Å². The number of carbonyl (C=O) groups excluding carboxylic acids is 1. The molecule has 0 bridgehead atoms. The highest BCUT2D eigenvalue weighted by Gasteiger charge is 2.20. The second-order valence-electron chi connectivity index (χ2n) is 6.03. The predicted molar refractivity (Wildman–Crippen MR) is 83.3 cm³/mol. The van der Waals surface area contributed by atoms with Gasteiger partial charge in [-0.15, -0.1) is 0 Å². The Balaban J connectivity index is 1.83. The molecule has 1 saturated carbocycles. The Morgan fingerprint density at radius 1 is 1.14 bits per heavy atom. The minimum Gasteiger partial charge on any atom is -0.508 e. The SMILES string of the molecule is CCOC(=O)CC1CCCC(c2ccc(O)cc2)CCC1. The van der Waals surface area contributed by atoms with Gasteiger partial charge in [0.25, 0.3) is 0 Å². The van der Waals surface area contributed by atoms with Crippen LogP contribution in [0.3, 0.4) is 0 Å². The van der Waals surface area contributed by atoms with Crippen LogP contribution >= 0.6 is 0 Å². The molecule has 0 aromatic heterocycles. The Hall–Kier alpha value is -1.51. The van der Waals surface area contributed by atoms with Gasteiger partial charge in [-0.1, -0.05) is 25.0 Å². The summed E-state index contributed by atoms with van der Waals surface area (Å²) in [5.74, 6) is 1.37. The van der Waals surface area contributed by atoms with Crippen LogP contribution in [0.1, 0.15) is 63.4 Å². The number of benzene rings is 1. The summed E-state index contributed by atoms with van der Waals surface area (Å²) in [5, 5.41) is 9.37. The molecule has 3 nitrogen and oxygen atoms in total. The number of esters is 1. The second-order valence-corrected chi connectivity index (χ2v) is 6.03. The maximum absolute atomic E-state index is 11.6. The highest BCUT2D eigenvalue weighted by molar-refractivity contribution is 5.69. The fourth-order valence-corrected chi connectivity index (χ4v) is 3.33. The van der Waals surface area contributed by atoms with E-state index in [-0.39, 0.29) is 5.97 Å². The standard InChI is InChI=1S/C18H26O3/c1-2-21-18(20)13-14-5-3-7-15(8-4-6-14)16-9-11-17(19)12-10-16/h9-12,14-15,19H,2-8,13H2,1H3. The largest absolute Gasteiger partial charge is 0.508 e. The Morgan fingerprint density at radius 3 is 2.33 bits per heavy atom. The third-order valence-electron chi connectivity index (χ3n) is 4.46. The van der Waals surface area contributed by atoms with E-state index in [1.165, 1.54) is 18.4 Å². The van der Waals surface area contributed by atoms with E-state index < -0.39 is 0 Å². The Bertz CT molecular complexity index is 428. The van der Waals surface area contributed by atoms with Gasteiger partial charge in [-0.3, -0.25) is 4.79 Å². The molecule has 1 aromatic carbocycles. The first-order valence-electron chi connectivity index (χ1n) is 8.13. The number of rotatable bonds is 4. The van der Waals surface area contributed by atoms with E-state index in [0.717, 1.165) is 25.7 Å². The van der Waals surface area contributed by atoms with E-state index in [4.69, 9.17) is 4.74 Å². The van der Waals surface area contributed by atoms with E-state index in [2.05, 4.69) is 0 Å². The van der Waals surface area contributed by atoms with Crippen molar-refractivity contribution in [1.82, 2.24) is 0 Å². The topological polar surface area (TPSA) is 46.5 Å². The molecule has 0 radical (unpaired) electrons. The molecule has 1 fully saturated rings. The molecule has 3 heteroatoms. The zero-order chi connectivity index (χ0) is 15.1. The third-order valence-corrected chi connectivity index (χ3v) is 4.46. The van der Waals surface area contributed by atoms with E-state index >= 15 is 0 Å². The molecule has 0 unspecified atom stereocenters. The van der Waals surface area contributed by atoms with E-state index in [0.29, 0.717) is 30.6 Å². The van der Waals surface area contributed by atoms with Crippen LogP contribution in [0.15, 0.2) is 24.3 Å². The van der Waals surface area contributed by atoms with Gasteiger partial charge in [0.1, 0.15) is 5.75 Å². The number of ether oxygens (including phenoxy) is 1. The van der Waals surface area contributed by atoms with Gasteiger partial charge >= 0.3 is 5.97 Å². The Morgan fingerprint density at radius 2 is 1.76 bits per heavy atom. The van der Waals surface area contributed by atoms with Crippen LogP contribution in [0.25, 0.3) is 0 Å². The van der Waals surface area contributed by atoms with Crippen LogP contribution in [0.2, 0.25) is 0 Å². The number of hydrogen-bond acceptors (Lipinski definition) is 3. The number of carbonyl (C=O) groups is 1. The van der Waals surface area contributed by atoms with Crippen LogP contribution in [-0.2, 0) is 9.53 Å². The lowest BCUT2D eigenvalue weighted by Crippen LogP contribution is -2.14. The van der Waals surface area contributed by atoms with Crippen molar-refractivity contribution in [2.75, 3.05) is 6.61 Å². The molecule has 0 aliphatic heterocycles. The average Bonchev–Trinajstić information content (AvgIpc) is 2.43. The molecular formula is C18H26O3. The number of hydrogen-bond donors (Lipinski definition) is 1. The molecule has 2 rings (SSSR count). The highest BCUT2D eigenvalue weighted by atomic mass is 16.5. The summed E-state index contributed by atoms with van der Waals surface area (Å²) in [6.07, 6.45) is 7.48. The van der Waals surface area contributed by atoms with Crippen LogP contribution in [0, 0.1) is 5.92 Å². The Labute approximate surface area is 127 Å². The predicted octanol–water partition coefficient (Wildman–Crippen LogP) is 4.40. The van der Waals surface area contributed by atoms with Crippen LogP contribution in [0.4, 0.5) is 0 Å². The maximum atomic E-state index is 11.6. The first kappa shape index (κ1) is 15.9. The van der Waals surface area contributed by atoms with Crippen molar-refractivity contribution in [1.29, 1.82) is 0 Å². The van der Waals surface area contributed by atoms with Gasteiger partial charge in [-0.25, -0.2) is 0 Å². The highest BCUT2D eigenvalue weighted by Crippen LogP contribution is 2.34. The molecule has 21 heavy (non-hydrogen) atoms. The summed E-state index contributed by atoms with van der Waals surface area (Å²) >= 11 is 0. The maximum Gasteiger partial charge on any atom is 0.306 e. The van der Waals surface area contributed by atoms with Crippen molar-refractivity contribution in [3.8, 4) is 5.75 Å². The van der Waals surface area contributed by atoms with Gasteiger partial charge in [-0.2, -0.15) is 0 Å². The first-order valence-corrected chi connectivity index (χ1v) is 8.13. The zero-order valence-corrected chi connectivity index (χ0v) is 12.9. The molecule has 0 amide bonds. The second kappa shape index (κ2) is 8.06. The molecule has 1 aliphatic rings. The van der Waals surface area contributed by atoms with Gasteiger partial charge in [0, 0.05) is 6.42 Å². The molecule has 1 aromatic rings. The molecule has 1 aliphatic carbocycles. The van der Waals surface area contributed by atoms with Crippen molar-refractivity contribution in [2.24, 2.45) is 5.92 Å². The molecule has 0 saturated heterocycles. The smallest absolute Gasteiger partial charge is 0.306 e. The van der Waals surface area contributed by atoms with Crippen LogP contribution in [0.5, 0.6) is 5.75 Å². The average molecular weight is 290 g/mol. The summed E-state index contributed by atoms with van der Waals surface area (Å²) in [6.45, 7) is 2.34. The Kier molecular flexibility index (Phi) is 6.09. The number of aromatic hydroxyl groups is 1. The number of phenols is 1. The minimum atomic E-state index is -0.0434. The molecule has 116 valence electrons. The summed E-state index contributed by atoms with van der Waals surface area (Å²) in [6, 6.07) is 7.63. The fraction of sp³-hybridized carbons (Fsp3) is 0.611. The molecule has 0 heterocycles. The van der Waals surface area contributed by atoms with Gasteiger partial charge in [-0.05, 0) is 62.1 Å². The lowest BCUT2D eigenvalue weighted by molar-refractivity contribution is -0.144. The van der Waals surface area contributed by atoms with Crippen molar-refractivity contribution >= 4 is 5.97 Å². The van der Waals surface area contributed by atoms with Crippen molar-refractivity contribution in [2.45, 2.75) is 57.8 Å². The minimum absolute atomic E-state index is 0.0434. The van der Waals surface area contributed by atoms with Gasteiger partial charge < -0.3 is 9.84 Å². The summed E-state index contributed by atoms with van der Waals surface area (Å²) < 4.78 is 5.06. The lowest BCUT2D eigenvalue weighted by Gasteiger charge is -2.24. The lowest BCUT2D eigenvalue weighted by atomic mass is 9.81. The molecule has 1 N–H and O–H groups in total. The van der Waals surface area contributed by atoms with E-state index in [1.54, 1.807) is 12.1 Å². The van der Waals surface area contributed by atoms with E-state index in [1.807, 2.05) is 19.1 Å². The molecular weight excluding hydrogens is 264 g/mol. The van der Waals surface area contributed by atoms with Crippen LogP contribution < -0.4 is 0 Å². The van der Waals surface area contributed by atoms with Gasteiger partial charge in [0.15, 0.2) is 0 Å². The van der Waals surface area contributed by atoms with Crippen LogP contribution in [-0.4, -0.2) is 17.7 Å². The van der Waals surface area contributed by atoms with Gasteiger partial charge in [0.05, 0.1) is 6.61 Å². The zero-order valence-electron chi connectivity index (χ0n) is 12.9. The van der Waals surface area contributed by atoms with Crippen molar-refractivity contribution in [3.63, 3.8) is 0 Å². The summed E-state index contributed by atoms with van der Waals surface area (Å²) in [5.41, 5.74) is 1.33. The van der Waals surface area contributed by atoms with Crippen molar-refractivity contribution in [3.05, 3.63) is 29.8 Å². The van der Waals surface area contributed by atoms with Crippen molar-refractivity contribution < 1.29 is 14.6 Å². The summed E-state index contributed by atoms with van der Waals surface area (Å²) in [4.78, 5) is 11.6. The normalized spacial score (nSPS) is 23.1. The van der Waals surface area contributed by atoms with Gasteiger partial charge in [0.2, 0.25) is 0 Å². The molecule has 0 atom stereocenters. The monoisotopic (exact) mass is 290 g/mol. The quantitative estimate of drug-likeness (QED) is 0.836. The number of phenolic OH excluding ortho intramolecular Hbond substituents is 1. The third kappa shape index (κ3) is 5.07. The summed E-state index contributed by atoms with van der Waals surface area (Å²) in [7, 11) is 0. The first-order chi connectivity index (χ1) is 10.2.